The Labute approximate surface area is 83.6 Å². The topological polar surface area (TPSA) is 52.6 Å². The maximum Gasteiger partial charge on any atom is 0.313 e. The summed E-state index contributed by atoms with van der Waals surface area (Å²) >= 11 is 0. The smallest absolute Gasteiger partial charge is 0.313 e. The zero-order valence-electron chi connectivity index (χ0n) is 8.62. The molecule has 0 aromatic rings. The summed E-state index contributed by atoms with van der Waals surface area (Å²) in [5, 5.41) is 0. The molecule has 1 saturated carbocycles. The van der Waals surface area contributed by atoms with Crippen molar-refractivity contribution in [2.75, 3.05) is 13.7 Å². The molecule has 0 N–H and O–H groups in total. The number of rotatable bonds is 6. The van der Waals surface area contributed by atoms with E-state index in [4.69, 9.17) is 9.47 Å². The molecule has 0 aliphatic heterocycles. The number of ketones is 1. The molecule has 4 heteroatoms. The first-order chi connectivity index (χ1) is 6.69. The Morgan fingerprint density at radius 1 is 1.43 bits per heavy atom. The molecule has 1 rings (SSSR count). The van der Waals surface area contributed by atoms with Crippen LogP contribution in [-0.2, 0) is 19.1 Å². The van der Waals surface area contributed by atoms with Gasteiger partial charge in [-0.25, -0.2) is 0 Å². The molecule has 0 aromatic carbocycles. The third-order valence-corrected chi connectivity index (χ3v) is 2.25. The lowest BCUT2D eigenvalue weighted by molar-refractivity contribution is -0.148. The number of hydrogen-bond donors (Lipinski definition) is 0. The predicted octanol–water partition coefficient (Wildman–Crippen LogP) is 0.934. The predicted molar refractivity (Wildman–Crippen MR) is 49.8 cm³/mol. The van der Waals surface area contributed by atoms with Gasteiger partial charge >= 0.3 is 5.97 Å². The Hall–Kier alpha value is -0.900. The molecule has 14 heavy (non-hydrogen) atoms. The molecule has 0 bridgehead atoms. The molecule has 0 amide bonds. The van der Waals surface area contributed by atoms with E-state index < -0.39 is 12.1 Å². The molecule has 0 radical (unpaired) electrons. The second-order valence-corrected chi connectivity index (χ2v) is 3.44. The van der Waals surface area contributed by atoms with Crippen LogP contribution in [0, 0.1) is 5.92 Å². The first kappa shape index (κ1) is 11.2. The number of ether oxygens (including phenoxy) is 2. The Balaban J connectivity index is 2.35. The summed E-state index contributed by atoms with van der Waals surface area (Å²) < 4.78 is 9.75. The van der Waals surface area contributed by atoms with Crippen LogP contribution in [-0.4, -0.2) is 31.6 Å². The summed E-state index contributed by atoms with van der Waals surface area (Å²) in [4.78, 5) is 22.5. The first-order valence-corrected chi connectivity index (χ1v) is 4.90. The number of carbonyl (C=O) groups is 2. The van der Waals surface area contributed by atoms with Gasteiger partial charge in [0, 0.05) is 7.11 Å². The van der Waals surface area contributed by atoms with Crippen LogP contribution in [0.25, 0.3) is 0 Å². The lowest BCUT2D eigenvalue weighted by atomic mass is 10.1. The van der Waals surface area contributed by atoms with E-state index in [2.05, 4.69) is 0 Å². The highest BCUT2D eigenvalue weighted by Crippen LogP contribution is 2.34. The van der Waals surface area contributed by atoms with Crippen molar-refractivity contribution in [2.45, 2.75) is 32.3 Å². The van der Waals surface area contributed by atoms with E-state index in [0.717, 1.165) is 12.8 Å². The molecular formula is C10H16O4. The summed E-state index contributed by atoms with van der Waals surface area (Å²) in [6.07, 6.45) is 1.47. The summed E-state index contributed by atoms with van der Waals surface area (Å²) in [5.74, 6) is -0.296. The number of esters is 1. The molecule has 1 atom stereocenters. The van der Waals surface area contributed by atoms with Crippen molar-refractivity contribution in [1.29, 1.82) is 0 Å². The quantitative estimate of drug-likeness (QED) is 0.473. The molecule has 0 aromatic heterocycles. The van der Waals surface area contributed by atoms with Gasteiger partial charge in [0.1, 0.15) is 12.5 Å². The normalized spacial score (nSPS) is 17.6. The van der Waals surface area contributed by atoms with E-state index in [-0.39, 0.29) is 12.2 Å². The van der Waals surface area contributed by atoms with Gasteiger partial charge in [-0.3, -0.25) is 9.59 Å². The van der Waals surface area contributed by atoms with Gasteiger partial charge in [0.2, 0.25) is 0 Å². The van der Waals surface area contributed by atoms with Crippen molar-refractivity contribution in [1.82, 2.24) is 0 Å². The van der Waals surface area contributed by atoms with E-state index in [1.54, 1.807) is 6.92 Å². The van der Waals surface area contributed by atoms with E-state index in [1.165, 1.54) is 7.11 Å². The van der Waals surface area contributed by atoms with Crippen molar-refractivity contribution < 1.29 is 19.1 Å². The van der Waals surface area contributed by atoms with Crippen molar-refractivity contribution in [2.24, 2.45) is 5.92 Å². The van der Waals surface area contributed by atoms with Gasteiger partial charge in [-0.05, 0) is 25.7 Å². The van der Waals surface area contributed by atoms with Crippen LogP contribution in [0.1, 0.15) is 26.2 Å². The fourth-order valence-corrected chi connectivity index (χ4v) is 1.44. The zero-order valence-corrected chi connectivity index (χ0v) is 8.62. The Kier molecular flexibility index (Phi) is 4.07. The zero-order chi connectivity index (χ0) is 10.6. The summed E-state index contributed by atoms with van der Waals surface area (Å²) in [5.41, 5.74) is 0. The highest BCUT2D eigenvalue weighted by atomic mass is 16.5. The van der Waals surface area contributed by atoms with Crippen LogP contribution in [0.5, 0.6) is 0 Å². The van der Waals surface area contributed by atoms with Crippen molar-refractivity contribution in [3.63, 3.8) is 0 Å². The van der Waals surface area contributed by atoms with E-state index in [0.29, 0.717) is 12.5 Å². The second-order valence-electron chi connectivity index (χ2n) is 3.44. The minimum absolute atomic E-state index is 0.159. The van der Waals surface area contributed by atoms with Gasteiger partial charge in [0.05, 0.1) is 6.61 Å². The maximum atomic E-state index is 11.5. The van der Waals surface area contributed by atoms with E-state index in [9.17, 15) is 9.59 Å². The lowest BCUT2D eigenvalue weighted by Gasteiger charge is -2.12. The number of Topliss-reactive ketones (excluding diaryl/α,β-unsaturated/α-hetero) is 1. The molecular weight excluding hydrogens is 184 g/mol. The lowest BCUT2D eigenvalue weighted by Crippen LogP contribution is -2.27. The molecule has 1 aliphatic rings. The van der Waals surface area contributed by atoms with E-state index in [1.807, 2.05) is 0 Å². The Bertz CT molecular complexity index is 220. The van der Waals surface area contributed by atoms with E-state index >= 15 is 0 Å². The number of carbonyl (C=O) groups excluding carboxylic acids is 2. The van der Waals surface area contributed by atoms with Gasteiger partial charge in [0.25, 0.3) is 0 Å². The molecule has 1 fully saturated rings. The van der Waals surface area contributed by atoms with Gasteiger partial charge in [0.15, 0.2) is 5.78 Å². The minimum Gasteiger partial charge on any atom is -0.466 e. The van der Waals surface area contributed by atoms with Crippen LogP contribution < -0.4 is 0 Å². The van der Waals surface area contributed by atoms with Crippen molar-refractivity contribution in [3.8, 4) is 0 Å². The SMILES string of the molecule is CCOC(=O)CC(=O)C(OC)C1CC1. The van der Waals surface area contributed by atoms with Gasteiger partial charge in [-0.2, -0.15) is 0 Å². The third-order valence-electron chi connectivity index (χ3n) is 2.25. The van der Waals surface area contributed by atoms with Gasteiger partial charge in [-0.1, -0.05) is 0 Å². The maximum absolute atomic E-state index is 11.5. The molecule has 0 heterocycles. The standard InChI is InChI=1S/C10H16O4/c1-3-14-9(12)6-8(11)10(13-2)7-4-5-7/h7,10H,3-6H2,1-2H3. The molecule has 0 saturated heterocycles. The number of hydrogen-bond acceptors (Lipinski definition) is 4. The third kappa shape index (κ3) is 3.10. The Morgan fingerprint density at radius 3 is 2.50 bits per heavy atom. The highest BCUT2D eigenvalue weighted by molar-refractivity contribution is 5.98. The fourth-order valence-electron chi connectivity index (χ4n) is 1.44. The molecule has 4 nitrogen and oxygen atoms in total. The van der Waals surface area contributed by atoms with Crippen LogP contribution in [0.4, 0.5) is 0 Å². The van der Waals surface area contributed by atoms with Crippen LogP contribution in [0.15, 0.2) is 0 Å². The van der Waals surface area contributed by atoms with Gasteiger partial charge < -0.3 is 9.47 Å². The average molecular weight is 200 g/mol. The summed E-state index contributed by atoms with van der Waals surface area (Å²) in [6, 6.07) is 0. The first-order valence-electron chi connectivity index (χ1n) is 4.90. The monoisotopic (exact) mass is 200 g/mol. The van der Waals surface area contributed by atoms with Gasteiger partial charge in [-0.15, -0.1) is 0 Å². The van der Waals surface area contributed by atoms with Crippen LogP contribution >= 0.6 is 0 Å². The van der Waals surface area contributed by atoms with Crippen molar-refractivity contribution >= 4 is 11.8 Å². The fraction of sp³-hybridized carbons (Fsp3) is 0.800. The van der Waals surface area contributed by atoms with Crippen LogP contribution in [0.2, 0.25) is 0 Å². The molecule has 80 valence electrons. The minimum atomic E-state index is -0.458. The average Bonchev–Trinajstić information content (AvgIpc) is 2.89. The molecule has 1 aliphatic carbocycles. The Morgan fingerprint density at radius 2 is 2.07 bits per heavy atom. The van der Waals surface area contributed by atoms with Crippen molar-refractivity contribution in [3.05, 3.63) is 0 Å². The highest BCUT2D eigenvalue weighted by Gasteiger charge is 2.36. The largest absolute Gasteiger partial charge is 0.466 e. The molecule has 1 unspecified atom stereocenters. The number of methoxy groups -OCH3 is 1. The summed E-state index contributed by atoms with van der Waals surface area (Å²) in [7, 11) is 1.51. The summed E-state index contributed by atoms with van der Waals surface area (Å²) in [6.45, 7) is 2.03. The van der Waals surface area contributed by atoms with Crippen LogP contribution in [0.3, 0.4) is 0 Å². The molecule has 0 spiro atoms. The second kappa shape index (κ2) is 5.10.